The van der Waals surface area contributed by atoms with Gasteiger partial charge in [0.2, 0.25) is 11.8 Å². The fourth-order valence-corrected chi connectivity index (χ4v) is 1.61. The molecule has 0 aliphatic carbocycles. The minimum atomic E-state index is -0.624. The molecular formula is C12H25N3O2. The minimum absolute atomic E-state index is 0.286. The Hall–Kier alpha value is -1.10. The fraction of sp³-hybridized carbons (Fsp3) is 0.833. The van der Waals surface area contributed by atoms with Gasteiger partial charge in [0, 0.05) is 0 Å². The highest BCUT2D eigenvalue weighted by atomic mass is 16.2. The van der Waals surface area contributed by atoms with Crippen molar-refractivity contribution in [3.05, 3.63) is 0 Å². The van der Waals surface area contributed by atoms with Gasteiger partial charge in [-0.2, -0.15) is 0 Å². The fourth-order valence-electron chi connectivity index (χ4n) is 1.61. The Kier molecular flexibility index (Phi) is 6.80. The lowest BCUT2D eigenvalue weighted by molar-refractivity contribution is -0.128. The molecule has 0 aromatic rings. The summed E-state index contributed by atoms with van der Waals surface area (Å²) in [6.07, 6.45) is 1.13. The molecule has 100 valence electrons. The lowest BCUT2D eigenvalue weighted by Gasteiger charge is -2.20. The van der Waals surface area contributed by atoms with Crippen molar-refractivity contribution in [2.75, 3.05) is 0 Å². The van der Waals surface area contributed by atoms with Crippen molar-refractivity contribution in [2.24, 2.45) is 23.3 Å². The van der Waals surface area contributed by atoms with Crippen LogP contribution >= 0.6 is 0 Å². The third-order valence-electron chi connectivity index (χ3n) is 2.43. The molecule has 0 bridgehead atoms. The van der Waals surface area contributed by atoms with Crippen molar-refractivity contribution < 1.29 is 9.59 Å². The zero-order valence-electron chi connectivity index (χ0n) is 11.2. The Labute approximate surface area is 103 Å². The lowest BCUT2D eigenvalue weighted by Crippen LogP contribution is -2.51. The number of hydrogen-bond acceptors (Lipinski definition) is 3. The number of amides is 2. The van der Waals surface area contributed by atoms with Gasteiger partial charge in [-0.25, -0.2) is 0 Å². The molecule has 0 radical (unpaired) electrons. The van der Waals surface area contributed by atoms with Gasteiger partial charge < -0.3 is 16.8 Å². The summed E-state index contributed by atoms with van der Waals surface area (Å²) < 4.78 is 0. The lowest BCUT2D eigenvalue weighted by atomic mass is 10.0. The van der Waals surface area contributed by atoms with E-state index in [0.717, 1.165) is 0 Å². The van der Waals surface area contributed by atoms with Crippen LogP contribution < -0.4 is 16.8 Å². The van der Waals surface area contributed by atoms with Crippen LogP contribution in [0.15, 0.2) is 0 Å². The summed E-state index contributed by atoms with van der Waals surface area (Å²) in [6.45, 7) is 7.92. The number of rotatable bonds is 7. The maximum atomic E-state index is 11.7. The van der Waals surface area contributed by atoms with Crippen molar-refractivity contribution in [1.82, 2.24) is 5.32 Å². The van der Waals surface area contributed by atoms with Gasteiger partial charge in [0.05, 0.1) is 6.04 Å². The van der Waals surface area contributed by atoms with E-state index in [1.54, 1.807) is 0 Å². The summed E-state index contributed by atoms with van der Waals surface area (Å²) in [4.78, 5) is 22.9. The van der Waals surface area contributed by atoms with Crippen LogP contribution in [0.2, 0.25) is 0 Å². The van der Waals surface area contributed by atoms with Crippen LogP contribution in [0.3, 0.4) is 0 Å². The summed E-state index contributed by atoms with van der Waals surface area (Å²) in [7, 11) is 0. The highest BCUT2D eigenvalue weighted by Crippen LogP contribution is 2.06. The van der Waals surface area contributed by atoms with E-state index in [0.29, 0.717) is 18.8 Å². The van der Waals surface area contributed by atoms with E-state index in [4.69, 9.17) is 11.5 Å². The summed E-state index contributed by atoms with van der Waals surface area (Å²) in [5.41, 5.74) is 11.0. The normalized spacial score (nSPS) is 14.8. The molecule has 5 nitrogen and oxygen atoms in total. The molecule has 2 amide bonds. The van der Waals surface area contributed by atoms with Crippen molar-refractivity contribution in [2.45, 2.75) is 52.6 Å². The van der Waals surface area contributed by atoms with Crippen molar-refractivity contribution in [3.8, 4) is 0 Å². The van der Waals surface area contributed by atoms with Gasteiger partial charge in [0.25, 0.3) is 0 Å². The number of nitrogens with one attached hydrogen (secondary N) is 1. The van der Waals surface area contributed by atoms with Gasteiger partial charge >= 0.3 is 0 Å². The number of primary amides is 1. The Morgan fingerprint density at radius 2 is 1.53 bits per heavy atom. The molecule has 0 saturated heterocycles. The van der Waals surface area contributed by atoms with Gasteiger partial charge in [-0.15, -0.1) is 0 Å². The van der Waals surface area contributed by atoms with Gasteiger partial charge in [0.1, 0.15) is 6.04 Å². The Morgan fingerprint density at radius 1 is 1.06 bits per heavy atom. The summed E-state index contributed by atoms with van der Waals surface area (Å²) >= 11 is 0. The largest absolute Gasteiger partial charge is 0.368 e. The third kappa shape index (κ3) is 6.94. The number of nitrogens with two attached hydrogens (primary N) is 2. The van der Waals surface area contributed by atoms with Crippen molar-refractivity contribution >= 4 is 11.8 Å². The molecule has 0 aromatic carbocycles. The molecule has 5 N–H and O–H groups in total. The first-order valence-corrected chi connectivity index (χ1v) is 6.09. The van der Waals surface area contributed by atoms with Crippen LogP contribution in [0.5, 0.6) is 0 Å². The van der Waals surface area contributed by atoms with Crippen LogP contribution in [-0.2, 0) is 9.59 Å². The predicted octanol–water partition coefficient (Wildman–Crippen LogP) is 0.376. The third-order valence-corrected chi connectivity index (χ3v) is 2.43. The minimum Gasteiger partial charge on any atom is -0.368 e. The maximum absolute atomic E-state index is 11.7. The molecule has 0 aliphatic heterocycles. The van der Waals surface area contributed by atoms with Crippen LogP contribution in [-0.4, -0.2) is 23.9 Å². The molecular weight excluding hydrogens is 218 g/mol. The molecule has 5 heteroatoms. The SMILES string of the molecule is CC(C)CC(N)C(=O)NC(CC(C)C)C(N)=O. The average molecular weight is 243 g/mol. The van der Waals surface area contributed by atoms with E-state index in [9.17, 15) is 9.59 Å². The van der Waals surface area contributed by atoms with E-state index in [2.05, 4.69) is 5.32 Å². The second kappa shape index (κ2) is 7.27. The Bertz CT molecular complexity index is 264. The molecule has 2 unspecified atom stereocenters. The Balaban J connectivity index is 4.35. The van der Waals surface area contributed by atoms with E-state index in [1.807, 2.05) is 27.7 Å². The van der Waals surface area contributed by atoms with Crippen molar-refractivity contribution in [3.63, 3.8) is 0 Å². The highest BCUT2D eigenvalue weighted by molar-refractivity contribution is 5.88. The topological polar surface area (TPSA) is 98.2 Å². The molecule has 2 atom stereocenters. The van der Waals surface area contributed by atoms with Gasteiger partial charge in [-0.1, -0.05) is 27.7 Å². The zero-order chi connectivity index (χ0) is 13.6. The predicted molar refractivity (Wildman–Crippen MR) is 68.0 cm³/mol. The molecule has 17 heavy (non-hydrogen) atoms. The first-order valence-electron chi connectivity index (χ1n) is 6.09. The summed E-state index contributed by atoms with van der Waals surface area (Å²) in [5, 5.41) is 2.61. The molecule has 0 heterocycles. The number of hydrogen-bond donors (Lipinski definition) is 3. The van der Waals surface area contributed by atoms with Gasteiger partial charge in [-0.3, -0.25) is 9.59 Å². The monoisotopic (exact) mass is 243 g/mol. The zero-order valence-corrected chi connectivity index (χ0v) is 11.2. The first-order chi connectivity index (χ1) is 7.73. The Morgan fingerprint density at radius 3 is 1.88 bits per heavy atom. The van der Waals surface area contributed by atoms with Crippen LogP contribution in [0.4, 0.5) is 0 Å². The smallest absolute Gasteiger partial charge is 0.240 e. The van der Waals surface area contributed by atoms with E-state index in [-0.39, 0.29) is 11.8 Å². The van der Waals surface area contributed by atoms with Crippen LogP contribution in [0.25, 0.3) is 0 Å². The quantitative estimate of drug-likeness (QED) is 0.602. The molecule has 0 aliphatic rings. The molecule has 0 saturated carbocycles. The second-order valence-corrected chi connectivity index (χ2v) is 5.33. The number of carbonyl (C=O) groups excluding carboxylic acids is 2. The second-order valence-electron chi connectivity index (χ2n) is 5.33. The summed E-state index contributed by atoms with van der Waals surface area (Å²) in [6, 6.07) is -1.20. The average Bonchev–Trinajstić information content (AvgIpc) is 2.14. The molecule has 0 rings (SSSR count). The first kappa shape index (κ1) is 15.9. The van der Waals surface area contributed by atoms with E-state index < -0.39 is 18.0 Å². The van der Waals surface area contributed by atoms with Gasteiger partial charge in [-0.05, 0) is 24.7 Å². The maximum Gasteiger partial charge on any atom is 0.240 e. The molecule has 0 spiro atoms. The summed E-state index contributed by atoms with van der Waals surface area (Å²) in [5.74, 6) is -0.186. The van der Waals surface area contributed by atoms with E-state index >= 15 is 0 Å². The van der Waals surface area contributed by atoms with Gasteiger partial charge in [0.15, 0.2) is 0 Å². The van der Waals surface area contributed by atoms with Crippen LogP contribution in [0, 0.1) is 11.8 Å². The molecule has 0 aromatic heterocycles. The standard InChI is InChI=1S/C12H25N3O2/c1-7(2)5-9(13)12(17)15-10(11(14)16)6-8(3)4/h7-10H,5-6,13H2,1-4H3,(H2,14,16)(H,15,17). The van der Waals surface area contributed by atoms with E-state index in [1.165, 1.54) is 0 Å². The number of carbonyl (C=O) groups is 2. The van der Waals surface area contributed by atoms with Crippen LogP contribution in [0.1, 0.15) is 40.5 Å². The van der Waals surface area contributed by atoms with Crippen molar-refractivity contribution in [1.29, 1.82) is 0 Å². The molecule has 0 fully saturated rings. The highest BCUT2D eigenvalue weighted by Gasteiger charge is 2.22.